The monoisotopic (exact) mass is 371 g/mol. The summed E-state index contributed by atoms with van der Waals surface area (Å²) >= 11 is 3.81. The van der Waals surface area contributed by atoms with Gasteiger partial charge in [-0.25, -0.2) is 4.79 Å². The maximum absolute atomic E-state index is 12.8. The smallest absolute Gasteiger partial charge is 0.426 e. The zero-order valence-corrected chi connectivity index (χ0v) is 13.1. The van der Waals surface area contributed by atoms with E-state index in [1.165, 1.54) is 4.90 Å². The van der Waals surface area contributed by atoms with Crippen molar-refractivity contribution in [1.29, 1.82) is 0 Å². The topological polar surface area (TPSA) is 29.5 Å². The Morgan fingerprint density at radius 2 is 2.05 bits per heavy atom. The van der Waals surface area contributed by atoms with E-state index < -0.39 is 17.1 Å². The Balaban J connectivity index is 2.18. The first kappa shape index (κ1) is 15.6. The minimum Gasteiger partial charge on any atom is -0.450 e. The second-order valence-electron chi connectivity index (χ2n) is 4.33. The van der Waals surface area contributed by atoms with Crippen LogP contribution >= 0.6 is 27.3 Å². The van der Waals surface area contributed by atoms with Gasteiger partial charge in [0.1, 0.15) is 4.88 Å². The zero-order chi connectivity index (χ0) is 14.9. The van der Waals surface area contributed by atoms with Gasteiger partial charge in [0.25, 0.3) is 0 Å². The Bertz CT molecular complexity index is 516. The third kappa shape index (κ3) is 3.11. The molecule has 1 aromatic rings. The first-order chi connectivity index (χ1) is 9.34. The summed E-state index contributed by atoms with van der Waals surface area (Å²) in [5, 5.41) is 0. The van der Waals surface area contributed by atoms with E-state index in [1.807, 2.05) is 0 Å². The van der Waals surface area contributed by atoms with Gasteiger partial charge in [-0.05, 0) is 41.3 Å². The lowest BCUT2D eigenvalue weighted by Gasteiger charge is -2.19. The molecule has 2 heterocycles. The molecule has 0 spiro atoms. The standard InChI is InChI=1S/C12H13BrF3NO2S/c1-2-19-11(18)17-5-3-7-8(4-6-17)20-10(9(7)13)12(14,15)16/h2-6H2,1H3. The highest BCUT2D eigenvalue weighted by molar-refractivity contribution is 9.10. The van der Waals surface area contributed by atoms with Crippen molar-refractivity contribution >= 4 is 33.4 Å². The average molecular weight is 372 g/mol. The molecule has 1 amide bonds. The van der Waals surface area contributed by atoms with Gasteiger partial charge in [0.2, 0.25) is 0 Å². The summed E-state index contributed by atoms with van der Waals surface area (Å²) < 4.78 is 43.6. The van der Waals surface area contributed by atoms with E-state index in [9.17, 15) is 18.0 Å². The molecule has 20 heavy (non-hydrogen) atoms. The third-order valence-corrected chi connectivity index (χ3v) is 5.52. The maximum Gasteiger partial charge on any atom is 0.426 e. The van der Waals surface area contributed by atoms with Gasteiger partial charge in [-0.2, -0.15) is 13.2 Å². The van der Waals surface area contributed by atoms with Gasteiger partial charge >= 0.3 is 12.3 Å². The second kappa shape index (κ2) is 5.93. The van der Waals surface area contributed by atoms with Crippen LogP contribution < -0.4 is 0 Å². The van der Waals surface area contributed by atoms with Crippen molar-refractivity contribution in [3.8, 4) is 0 Å². The van der Waals surface area contributed by atoms with Crippen molar-refractivity contribution in [2.75, 3.05) is 19.7 Å². The minimum atomic E-state index is -4.34. The van der Waals surface area contributed by atoms with Crippen LogP contribution in [0.25, 0.3) is 0 Å². The Morgan fingerprint density at radius 1 is 1.40 bits per heavy atom. The number of fused-ring (bicyclic) bond motifs is 1. The molecule has 1 aliphatic heterocycles. The van der Waals surface area contributed by atoms with Crippen LogP contribution in [-0.4, -0.2) is 30.7 Å². The van der Waals surface area contributed by atoms with Gasteiger partial charge in [0.05, 0.1) is 6.61 Å². The van der Waals surface area contributed by atoms with Crippen molar-refractivity contribution in [3.05, 3.63) is 19.8 Å². The van der Waals surface area contributed by atoms with Crippen LogP contribution in [0, 0.1) is 0 Å². The largest absolute Gasteiger partial charge is 0.450 e. The summed E-state index contributed by atoms with van der Waals surface area (Å²) in [5.74, 6) is 0. The molecule has 0 aliphatic carbocycles. The molecule has 3 nitrogen and oxygen atoms in total. The van der Waals surface area contributed by atoms with E-state index in [1.54, 1.807) is 6.92 Å². The molecule has 0 N–H and O–H groups in total. The molecule has 1 aliphatic rings. The lowest BCUT2D eigenvalue weighted by molar-refractivity contribution is -0.134. The Labute approximate surface area is 126 Å². The van der Waals surface area contributed by atoms with Crippen molar-refractivity contribution in [2.45, 2.75) is 25.9 Å². The number of thiophene rings is 1. The molecule has 0 unspecified atom stereocenters. The van der Waals surface area contributed by atoms with Crippen LogP contribution in [0.1, 0.15) is 22.2 Å². The predicted octanol–water partition coefficient (Wildman–Crippen LogP) is 4.09. The van der Waals surface area contributed by atoms with Crippen LogP contribution in [0.4, 0.5) is 18.0 Å². The summed E-state index contributed by atoms with van der Waals surface area (Å²) in [6.07, 6.45) is -3.92. The number of alkyl halides is 3. The molecule has 2 rings (SSSR count). The molecule has 0 saturated heterocycles. The number of hydrogen-bond donors (Lipinski definition) is 0. The number of nitrogens with zero attached hydrogens (tertiary/aromatic N) is 1. The number of halogens is 4. The molecule has 0 fully saturated rings. The minimum absolute atomic E-state index is 0.121. The number of carbonyl (C=O) groups excluding carboxylic acids is 1. The van der Waals surface area contributed by atoms with Gasteiger partial charge in [-0.1, -0.05) is 0 Å². The predicted molar refractivity (Wildman–Crippen MR) is 73.0 cm³/mol. The van der Waals surface area contributed by atoms with Gasteiger partial charge in [0, 0.05) is 22.4 Å². The van der Waals surface area contributed by atoms with Gasteiger partial charge < -0.3 is 9.64 Å². The zero-order valence-electron chi connectivity index (χ0n) is 10.7. The Kier molecular flexibility index (Phi) is 4.63. The molecule has 1 aromatic heterocycles. The number of carbonyl (C=O) groups is 1. The molecule has 0 saturated carbocycles. The number of rotatable bonds is 1. The third-order valence-electron chi connectivity index (χ3n) is 3.05. The van der Waals surface area contributed by atoms with E-state index in [2.05, 4.69) is 15.9 Å². The van der Waals surface area contributed by atoms with Crippen molar-refractivity contribution in [3.63, 3.8) is 0 Å². The summed E-state index contributed by atoms with van der Waals surface area (Å²) in [7, 11) is 0. The molecular weight excluding hydrogens is 359 g/mol. The molecular formula is C12H13BrF3NO2S. The van der Waals surface area contributed by atoms with Crippen LogP contribution in [0.2, 0.25) is 0 Å². The Morgan fingerprint density at radius 3 is 2.65 bits per heavy atom. The lowest BCUT2D eigenvalue weighted by Crippen LogP contribution is -2.33. The second-order valence-corrected chi connectivity index (χ2v) is 6.23. The molecule has 8 heteroatoms. The van der Waals surface area contributed by atoms with E-state index in [-0.39, 0.29) is 4.47 Å². The highest BCUT2D eigenvalue weighted by Gasteiger charge is 2.38. The van der Waals surface area contributed by atoms with Crippen LogP contribution in [0.15, 0.2) is 4.47 Å². The number of hydrogen-bond acceptors (Lipinski definition) is 3. The van der Waals surface area contributed by atoms with Crippen LogP contribution in [0.5, 0.6) is 0 Å². The van der Waals surface area contributed by atoms with Gasteiger partial charge in [-0.15, -0.1) is 11.3 Å². The van der Waals surface area contributed by atoms with E-state index in [0.29, 0.717) is 43.0 Å². The number of amides is 1. The van der Waals surface area contributed by atoms with Gasteiger partial charge in [0.15, 0.2) is 0 Å². The van der Waals surface area contributed by atoms with E-state index in [4.69, 9.17) is 4.74 Å². The molecule has 0 atom stereocenters. The first-order valence-corrected chi connectivity index (χ1v) is 7.74. The van der Waals surface area contributed by atoms with E-state index >= 15 is 0 Å². The summed E-state index contributed by atoms with van der Waals surface area (Å²) in [6.45, 7) is 2.77. The fourth-order valence-corrected chi connectivity index (χ4v) is 4.25. The fourth-order valence-electron chi connectivity index (χ4n) is 2.11. The molecule has 112 valence electrons. The van der Waals surface area contributed by atoms with Crippen LogP contribution in [-0.2, 0) is 23.8 Å². The Hall–Kier alpha value is -0.760. The highest BCUT2D eigenvalue weighted by atomic mass is 79.9. The fraction of sp³-hybridized carbons (Fsp3) is 0.583. The van der Waals surface area contributed by atoms with Crippen molar-refractivity contribution in [2.24, 2.45) is 0 Å². The molecule has 0 aromatic carbocycles. The first-order valence-electron chi connectivity index (χ1n) is 6.13. The molecule has 0 bridgehead atoms. The normalized spacial score (nSPS) is 15.8. The van der Waals surface area contributed by atoms with Crippen molar-refractivity contribution in [1.82, 2.24) is 4.90 Å². The van der Waals surface area contributed by atoms with Crippen molar-refractivity contribution < 1.29 is 22.7 Å². The summed E-state index contributed by atoms with van der Waals surface area (Å²) in [5.41, 5.74) is 0.661. The van der Waals surface area contributed by atoms with Crippen LogP contribution in [0.3, 0.4) is 0 Å². The summed E-state index contributed by atoms with van der Waals surface area (Å²) in [6, 6.07) is 0. The lowest BCUT2D eigenvalue weighted by atomic mass is 10.1. The van der Waals surface area contributed by atoms with E-state index in [0.717, 1.165) is 11.3 Å². The average Bonchev–Trinajstić information content (AvgIpc) is 2.56. The SMILES string of the molecule is CCOC(=O)N1CCc2sc(C(F)(F)F)c(Br)c2CC1. The maximum atomic E-state index is 12.8. The van der Waals surface area contributed by atoms with Gasteiger partial charge in [-0.3, -0.25) is 0 Å². The quantitative estimate of drug-likeness (QED) is 0.743. The number of ether oxygens (including phenoxy) is 1. The highest BCUT2D eigenvalue weighted by Crippen LogP contribution is 2.44. The molecule has 0 radical (unpaired) electrons. The summed E-state index contributed by atoms with van der Waals surface area (Å²) in [4.78, 5) is 13.3.